The van der Waals surface area contributed by atoms with Crippen LogP contribution in [0.1, 0.15) is 26.5 Å². The SMILES string of the molecule is CC(C)(C)[Si](C)(C)OCCOc1ccc(CO)nc1. The molecule has 1 rings (SSSR count). The number of nitrogens with zero attached hydrogens (tertiary/aromatic N) is 1. The van der Waals surface area contributed by atoms with Crippen molar-refractivity contribution >= 4 is 8.32 Å². The minimum Gasteiger partial charge on any atom is -0.490 e. The number of aromatic nitrogens is 1. The molecule has 0 fully saturated rings. The molecule has 0 aliphatic carbocycles. The lowest BCUT2D eigenvalue weighted by atomic mass is 10.2. The number of aliphatic hydroxyl groups excluding tert-OH is 1. The first kappa shape index (κ1) is 16.1. The second-order valence-electron chi connectivity index (χ2n) is 6.10. The third-order valence-electron chi connectivity index (χ3n) is 3.58. The summed E-state index contributed by atoms with van der Waals surface area (Å²) in [6.45, 7) is 12.2. The molecule has 0 unspecified atom stereocenters. The van der Waals surface area contributed by atoms with Crippen LogP contribution in [0.2, 0.25) is 18.1 Å². The first-order chi connectivity index (χ1) is 8.76. The smallest absolute Gasteiger partial charge is 0.192 e. The molecule has 5 heteroatoms. The number of hydrogen-bond donors (Lipinski definition) is 1. The third-order valence-corrected chi connectivity index (χ3v) is 8.12. The molecule has 108 valence electrons. The van der Waals surface area contributed by atoms with Crippen molar-refractivity contribution in [1.82, 2.24) is 4.98 Å². The van der Waals surface area contributed by atoms with E-state index >= 15 is 0 Å². The summed E-state index contributed by atoms with van der Waals surface area (Å²) in [7, 11) is -1.69. The van der Waals surface area contributed by atoms with Crippen LogP contribution in [0.3, 0.4) is 0 Å². The van der Waals surface area contributed by atoms with Crippen molar-refractivity contribution < 1.29 is 14.3 Å². The lowest BCUT2D eigenvalue weighted by Crippen LogP contribution is -2.41. The zero-order valence-corrected chi connectivity index (χ0v) is 13.6. The molecule has 0 spiro atoms. The van der Waals surface area contributed by atoms with Gasteiger partial charge in [-0.15, -0.1) is 0 Å². The van der Waals surface area contributed by atoms with Gasteiger partial charge in [-0.1, -0.05) is 20.8 Å². The van der Waals surface area contributed by atoms with Crippen LogP contribution in [0.25, 0.3) is 0 Å². The van der Waals surface area contributed by atoms with E-state index in [9.17, 15) is 0 Å². The van der Waals surface area contributed by atoms with Gasteiger partial charge < -0.3 is 14.3 Å². The minimum absolute atomic E-state index is 0.0469. The quantitative estimate of drug-likeness (QED) is 0.644. The first-order valence-corrected chi connectivity index (χ1v) is 9.49. The van der Waals surface area contributed by atoms with Gasteiger partial charge in [0.1, 0.15) is 12.4 Å². The van der Waals surface area contributed by atoms with E-state index in [1.165, 1.54) is 0 Å². The van der Waals surface area contributed by atoms with E-state index in [4.69, 9.17) is 14.3 Å². The van der Waals surface area contributed by atoms with Crippen molar-refractivity contribution in [3.05, 3.63) is 24.0 Å². The Balaban J connectivity index is 2.34. The number of aliphatic hydroxyl groups is 1. The van der Waals surface area contributed by atoms with E-state index in [0.717, 1.165) is 0 Å². The van der Waals surface area contributed by atoms with Crippen molar-refractivity contribution in [3.63, 3.8) is 0 Å². The third kappa shape index (κ3) is 4.93. The predicted molar refractivity (Wildman–Crippen MR) is 78.8 cm³/mol. The molecule has 0 saturated carbocycles. The molecular formula is C14H25NO3Si. The van der Waals surface area contributed by atoms with Gasteiger partial charge >= 0.3 is 0 Å². The molecule has 0 amide bonds. The van der Waals surface area contributed by atoms with E-state index in [0.29, 0.717) is 24.7 Å². The average Bonchev–Trinajstić information content (AvgIpc) is 2.34. The van der Waals surface area contributed by atoms with Gasteiger partial charge in [-0.05, 0) is 30.3 Å². The standard InChI is InChI=1S/C14H25NO3Si/c1-14(2,3)19(4,5)18-9-8-17-13-7-6-12(11-16)15-10-13/h6-7,10,16H,8-9,11H2,1-5H3. The molecule has 1 aromatic heterocycles. The number of rotatable bonds is 6. The second kappa shape index (κ2) is 6.50. The largest absolute Gasteiger partial charge is 0.490 e. The molecule has 0 atom stereocenters. The molecule has 0 saturated heterocycles. The van der Waals surface area contributed by atoms with E-state index in [2.05, 4.69) is 38.8 Å². The Kier molecular flexibility index (Phi) is 5.52. The highest BCUT2D eigenvalue weighted by Gasteiger charge is 2.36. The molecule has 0 aliphatic rings. The summed E-state index contributed by atoms with van der Waals surface area (Å²) in [5.41, 5.74) is 0.643. The van der Waals surface area contributed by atoms with Crippen molar-refractivity contribution in [2.75, 3.05) is 13.2 Å². The molecule has 0 bridgehead atoms. The molecule has 0 aromatic carbocycles. The summed E-state index contributed by atoms with van der Waals surface area (Å²) in [4.78, 5) is 4.06. The lowest BCUT2D eigenvalue weighted by molar-refractivity contribution is 0.203. The maximum absolute atomic E-state index is 8.89. The van der Waals surface area contributed by atoms with Gasteiger partial charge in [0.25, 0.3) is 0 Å². The summed E-state index contributed by atoms with van der Waals surface area (Å²) in [6.07, 6.45) is 1.62. The fourth-order valence-corrected chi connectivity index (χ4v) is 2.29. The lowest BCUT2D eigenvalue weighted by Gasteiger charge is -2.36. The highest BCUT2D eigenvalue weighted by molar-refractivity contribution is 6.74. The molecule has 0 aliphatic heterocycles. The van der Waals surface area contributed by atoms with Crippen LogP contribution in [-0.4, -0.2) is 31.6 Å². The summed E-state index contributed by atoms with van der Waals surface area (Å²) in [5.74, 6) is 0.705. The molecule has 1 heterocycles. The van der Waals surface area contributed by atoms with Gasteiger partial charge in [0.2, 0.25) is 0 Å². The zero-order valence-electron chi connectivity index (χ0n) is 12.6. The fourth-order valence-electron chi connectivity index (χ4n) is 1.26. The van der Waals surface area contributed by atoms with Crippen LogP contribution in [0, 0.1) is 0 Å². The normalized spacial score (nSPS) is 12.5. The van der Waals surface area contributed by atoms with Crippen LogP contribution in [0.15, 0.2) is 18.3 Å². The Morgan fingerprint density at radius 3 is 2.37 bits per heavy atom. The zero-order chi connectivity index (χ0) is 14.5. The molecule has 19 heavy (non-hydrogen) atoms. The number of pyridine rings is 1. The summed E-state index contributed by atoms with van der Waals surface area (Å²) in [5, 5.41) is 9.11. The van der Waals surface area contributed by atoms with Crippen LogP contribution >= 0.6 is 0 Å². The predicted octanol–water partition coefficient (Wildman–Crippen LogP) is 2.97. The first-order valence-electron chi connectivity index (χ1n) is 6.59. The topological polar surface area (TPSA) is 51.6 Å². The summed E-state index contributed by atoms with van der Waals surface area (Å²) >= 11 is 0. The van der Waals surface area contributed by atoms with E-state index in [-0.39, 0.29) is 11.6 Å². The Hall–Kier alpha value is -0.913. The Morgan fingerprint density at radius 2 is 1.89 bits per heavy atom. The van der Waals surface area contributed by atoms with Crippen molar-refractivity contribution in [3.8, 4) is 5.75 Å². The molecule has 1 N–H and O–H groups in total. The highest BCUT2D eigenvalue weighted by Crippen LogP contribution is 2.36. The van der Waals surface area contributed by atoms with Crippen LogP contribution < -0.4 is 4.74 Å². The van der Waals surface area contributed by atoms with Gasteiger partial charge in [-0.3, -0.25) is 4.98 Å². The van der Waals surface area contributed by atoms with Crippen molar-refractivity contribution in [1.29, 1.82) is 0 Å². The van der Waals surface area contributed by atoms with E-state index in [1.807, 2.05) is 6.07 Å². The Morgan fingerprint density at radius 1 is 1.21 bits per heavy atom. The average molecular weight is 283 g/mol. The van der Waals surface area contributed by atoms with Crippen molar-refractivity contribution in [2.45, 2.75) is 45.5 Å². The molecule has 4 nitrogen and oxygen atoms in total. The number of ether oxygens (including phenoxy) is 1. The Labute approximate surface area is 116 Å². The second-order valence-corrected chi connectivity index (χ2v) is 10.9. The van der Waals surface area contributed by atoms with Gasteiger partial charge in [0.05, 0.1) is 25.1 Å². The summed E-state index contributed by atoms with van der Waals surface area (Å²) < 4.78 is 11.6. The maximum Gasteiger partial charge on any atom is 0.192 e. The maximum atomic E-state index is 8.89. The Bertz CT molecular complexity index is 385. The monoisotopic (exact) mass is 283 g/mol. The summed E-state index contributed by atoms with van der Waals surface area (Å²) in [6, 6.07) is 3.56. The van der Waals surface area contributed by atoms with E-state index in [1.54, 1.807) is 12.3 Å². The van der Waals surface area contributed by atoms with Crippen molar-refractivity contribution in [2.24, 2.45) is 0 Å². The van der Waals surface area contributed by atoms with Crippen LogP contribution in [-0.2, 0) is 11.0 Å². The molecular weight excluding hydrogens is 258 g/mol. The van der Waals surface area contributed by atoms with E-state index < -0.39 is 8.32 Å². The van der Waals surface area contributed by atoms with Gasteiger partial charge in [0, 0.05) is 0 Å². The number of hydrogen-bond acceptors (Lipinski definition) is 4. The highest BCUT2D eigenvalue weighted by atomic mass is 28.4. The van der Waals surface area contributed by atoms with Gasteiger partial charge in [0.15, 0.2) is 8.32 Å². The molecule has 1 aromatic rings. The molecule has 0 radical (unpaired) electrons. The minimum atomic E-state index is -1.69. The van der Waals surface area contributed by atoms with Gasteiger partial charge in [-0.2, -0.15) is 0 Å². The van der Waals surface area contributed by atoms with Crippen LogP contribution in [0.5, 0.6) is 5.75 Å². The van der Waals surface area contributed by atoms with Crippen LogP contribution in [0.4, 0.5) is 0 Å². The fraction of sp³-hybridized carbons (Fsp3) is 0.643. The van der Waals surface area contributed by atoms with Gasteiger partial charge in [-0.25, -0.2) is 0 Å².